The third-order valence-electron chi connectivity index (χ3n) is 8.50. The SMILES string of the molecule is CCCN(C(=O)[C@H](CCC(=O)O)NC(=O)c1c(Cc2ccccc2Cl)[nH]c2ccccc12)[C@H](CC(N)=O)Cc1ccc2ccccc2c1. The van der Waals surface area contributed by atoms with E-state index >= 15 is 0 Å². The van der Waals surface area contributed by atoms with Gasteiger partial charge >= 0.3 is 5.97 Å². The quantitative estimate of drug-likeness (QED) is 0.104. The molecule has 2 atom stereocenters. The number of amides is 3. The molecule has 10 heteroatoms. The molecule has 48 heavy (non-hydrogen) atoms. The molecular weight excluding hydrogens is 628 g/mol. The van der Waals surface area contributed by atoms with Crippen molar-refractivity contribution in [3.05, 3.63) is 118 Å². The number of nitrogens with zero attached hydrogens (tertiary/aromatic N) is 1. The lowest BCUT2D eigenvalue weighted by Gasteiger charge is -2.34. The largest absolute Gasteiger partial charge is 0.481 e. The van der Waals surface area contributed by atoms with Crippen LogP contribution in [0.1, 0.15) is 59.8 Å². The Morgan fingerprint density at radius 3 is 2.38 bits per heavy atom. The van der Waals surface area contributed by atoms with Crippen LogP contribution in [-0.4, -0.2) is 57.3 Å². The highest BCUT2D eigenvalue weighted by atomic mass is 35.5. The molecular formula is C38H39ClN4O5. The van der Waals surface area contributed by atoms with Crippen LogP contribution in [0.5, 0.6) is 0 Å². The number of primary amides is 1. The summed E-state index contributed by atoms with van der Waals surface area (Å²) in [6, 6.07) is 26.8. The number of nitrogens with two attached hydrogens (primary N) is 1. The first kappa shape index (κ1) is 34.2. The van der Waals surface area contributed by atoms with Gasteiger partial charge in [-0.05, 0) is 53.3 Å². The maximum absolute atomic E-state index is 14.4. The molecule has 0 bridgehead atoms. The normalized spacial score (nSPS) is 12.5. The summed E-state index contributed by atoms with van der Waals surface area (Å²) in [6.07, 6.45) is 0.678. The lowest BCUT2D eigenvalue weighted by atomic mass is 9.97. The number of aromatic nitrogens is 1. The van der Waals surface area contributed by atoms with Gasteiger partial charge in [0.1, 0.15) is 6.04 Å². The molecule has 5 rings (SSSR count). The number of nitrogens with one attached hydrogen (secondary N) is 2. The molecule has 0 saturated carbocycles. The molecule has 1 heterocycles. The lowest BCUT2D eigenvalue weighted by molar-refractivity contribution is -0.138. The number of fused-ring (bicyclic) bond motifs is 2. The Hall–Kier alpha value is -5.15. The third-order valence-corrected chi connectivity index (χ3v) is 8.87. The van der Waals surface area contributed by atoms with E-state index < -0.39 is 35.8 Å². The second kappa shape index (κ2) is 15.6. The Labute approximate surface area is 284 Å². The van der Waals surface area contributed by atoms with E-state index in [0.717, 1.165) is 27.4 Å². The number of hydrogen-bond donors (Lipinski definition) is 4. The predicted molar refractivity (Wildman–Crippen MR) is 188 cm³/mol. The molecule has 0 unspecified atom stereocenters. The first-order valence-corrected chi connectivity index (χ1v) is 16.4. The van der Waals surface area contributed by atoms with E-state index in [1.165, 1.54) is 0 Å². The summed E-state index contributed by atoms with van der Waals surface area (Å²) >= 11 is 6.47. The monoisotopic (exact) mass is 666 g/mol. The minimum absolute atomic E-state index is 0.0946. The minimum atomic E-state index is -1.17. The summed E-state index contributed by atoms with van der Waals surface area (Å²) in [5, 5.41) is 15.8. The number of para-hydroxylation sites is 1. The second-order valence-electron chi connectivity index (χ2n) is 12.0. The van der Waals surface area contributed by atoms with E-state index in [2.05, 4.69) is 10.3 Å². The standard InChI is InChI=1S/C38H39ClN4O5/c1-2-19-43(28(23-34(40)44)21-24-15-16-25-9-3-4-10-26(25)20-24)38(48)32(17-18-35(45)46)42-37(47)36-29-12-6-8-14-31(29)41-33(36)22-27-11-5-7-13-30(27)39/h3-16,20,28,32,41H,2,17-19,21-23H2,1H3,(H2,40,44)(H,42,47)(H,45,46)/t28-,32-/m0/s1. The minimum Gasteiger partial charge on any atom is -0.481 e. The van der Waals surface area contributed by atoms with Gasteiger partial charge in [-0.3, -0.25) is 19.2 Å². The van der Waals surface area contributed by atoms with E-state index in [1.54, 1.807) is 11.0 Å². The summed E-state index contributed by atoms with van der Waals surface area (Å²) in [5.41, 5.74) is 9.13. The molecule has 0 fully saturated rings. The third kappa shape index (κ3) is 8.22. The molecule has 5 N–H and O–H groups in total. The fourth-order valence-electron chi connectivity index (χ4n) is 6.25. The van der Waals surface area contributed by atoms with Gasteiger partial charge in [-0.1, -0.05) is 97.4 Å². The number of benzene rings is 4. The van der Waals surface area contributed by atoms with Crippen molar-refractivity contribution in [2.75, 3.05) is 6.54 Å². The van der Waals surface area contributed by atoms with Crippen molar-refractivity contribution >= 4 is 57.0 Å². The van der Waals surface area contributed by atoms with Gasteiger partial charge in [0.05, 0.1) is 5.56 Å². The number of carboxylic acid groups (broad SMARTS) is 1. The molecule has 0 radical (unpaired) electrons. The van der Waals surface area contributed by atoms with Crippen molar-refractivity contribution in [1.82, 2.24) is 15.2 Å². The van der Waals surface area contributed by atoms with E-state index in [0.29, 0.717) is 40.9 Å². The molecule has 1 aromatic heterocycles. The maximum Gasteiger partial charge on any atom is 0.303 e. The van der Waals surface area contributed by atoms with Crippen molar-refractivity contribution in [3.8, 4) is 0 Å². The van der Waals surface area contributed by atoms with Crippen molar-refractivity contribution < 1.29 is 24.3 Å². The van der Waals surface area contributed by atoms with E-state index in [1.807, 2.05) is 91.9 Å². The van der Waals surface area contributed by atoms with Crippen LogP contribution >= 0.6 is 11.6 Å². The van der Waals surface area contributed by atoms with E-state index in [4.69, 9.17) is 17.3 Å². The number of rotatable bonds is 15. The van der Waals surface area contributed by atoms with Gasteiger partial charge in [0.15, 0.2) is 0 Å². The van der Waals surface area contributed by atoms with Crippen molar-refractivity contribution in [1.29, 1.82) is 0 Å². The Morgan fingerprint density at radius 1 is 0.938 bits per heavy atom. The summed E-state index contributed by atoms with van der Waals surface area (Å²) in [4.78, 5) is 57.5. The second-order valence-corrected chi connectivity index (χ2v) is 12.4. The van der Waals surface area contributed by atoms with Crippen molar-refractivity contribution in [3.63, 3.8) is 0 Å². The van der Waals surface area contributed by atoms with Crippen LogP contribution < -0.4 is 11.1 Å². The lowest BCUT2D eigenvalue weighted by Crippen LogP contribution is -2.53. The van der Waals surface area contributed by atoms with Crippen LogP contribution in [0.2, 0.25) is 5.02 Å². The zero-order chi connectivity index (χ0) is 34.2. The number of aromatic amines is 1. The molecule has 248 valence electrons. The van der Waals surface area contributed by atoms with Gasteiger partial charge in [-0.25, -0.2) is 0 Å². The molecule has 5 aromatic rings. The predicted octanol–water partition coefficient (Wildman–Crippen LogP) is 6.25. The van der Waals surface area contributed by atoms with Crippen LogP contribution in [0.4, 0.5) is 0 Å². The first-order valence-electron chi connectivity index (χ1n) is 16.1. The fourth-order valence-corrected chi connectivity index (χ4v) is 6.46. The number of carbonyl (C=O) groups is 4. The Kier molecular flexibility index (Phi) is 11.1. The Morgan fingerprint density at radius 2 is 1.65 bits per heavy atom. The maximum atomic E-state index is 14.4. The number of carboxylic acids is 1. The number of H-pyrrole nitrogens is 1. The Balaban J connectivity index is 1.48. The molecule has 0 aliphatic heterocycles. The van der Waals surface area contributed by atoms with Crippen LogP contribution in [0.15, 0.2) is 91.0 Å². The van der Waals surface area contributed by atoms with Crippen LogP contribution in [0.3, 0.4) is 0 Å². The highest BCUT2D eigenvalue weighted by molar-refractivity contribution is 6.31. The molecule has 0 saturated heterocycles. The van der Waals surface area contributed by atoms with Crippen LogP contribution in [0, 0.1) is 0 Å². The molecule has 3 amide bonds. The number of halogens is 1. The molecule has 0 spiro atoms. The molecule has 9 nitrogen and oxygen atoms in total. The highest BCUT2D eigenvalue weighted by Crippen LogP contribution is 2.27. The van der Waals surface area contributed by atoms with Gasteiger partial charge in [-0.15, -0.1) is 0 Å². The number of aliphatic carboxylic acids is 1. The topological polar surface area (TPSA) is 146 Å². The Bertz CT molecular complexity index is 1950. The van der Waals surface area contributed by atoms with Crippen LogP contribution in [-0.2, 0) is 27.2 Å². The fraction of sp³-hybridized carbons (Fsp3) is 0.263. The van der Waals surface area contributed by atoms with Gasteiger partial charge in [0, 0.05) is 53.5 Å². The average molecular weight is 667 g/mol. The number of hydrogen-bond acceptors (Lipinski definition) is 4. The molecule has 0 aliphatic rings. The van der Waals surface area contributed by atoms with Crippen molar-refractivity contribution in [2.24, 2.45) is 5.73 Å². The van der Waals surface area contributed by atoms with Gasteiger partial charge in [-0.2, -0.15) is 0 Å². The van der Waals surface area contributed by atoms with Gasteiger partial charge in [0.2, 0.25) is 11.8 Å². The zero-order valence-electron chi connectivity index (χ0n) is 26.7. The molecule has 0 aliphatic carbocycles. The van der Waals surface area contributed by atoms with Gasteiger partial charge < -0.3 is 26.0 Å². The number of carbonyl (C=O) groups excluding carboxylic acids is 3. The van der Waals surface area contributed by atoms with Gasteiger partial charge in [0.25, 0.3) is 5.91 Å². The van der Waals surface area contributed by atoms with Crippen molar-refractivity contribution in [2.45, 2.75) is 57.5 Å². The summed E-state index contributed by atoms with van der Waals surface area (Å²) < 4.78 is 0. The first-order chi connectivity index (χ1) is 23.1. The average Bonchev–Trinajstić information content (AvgIpc) is 3.43. The summed E-state index contributed by atoms with van der Waals surface area (Å²) in [6.45, 7) is 2.20. The summed E-state index contributed by atoms with van der Waals surface area (Å²) in [7, 11) is 0. The zero-order valence-corrected chi connectivity index (χ0v) is 27.5. The van der Waals surface area contributed by atoms with E-state index in [-0.39, 0.29) is 25.8 Å². The molecule has 4 aromatic carbocycles. The smallest absolute Gasteiger partial charge is 0.303 e. The van der Waals surface area contributed by atoms with Crippen LogP contribution in [0.25, 0.3) is 21.7 Å². The summed E-state index contributed by atoms with van der Waals surface area (Å²) in [5.74, 6) is -2.65. The van der Waals surface area contributed by atoms with E-state index in [9.17, 15) is 24.3 Å². The highest BCUT2D eigenvalue weighted by Gasteiger charge is 2.33.